The average molecular weight is 240 g/mol. The standard InChI is InChI=1S/C11H20N4S/c1-8-7-16-9(14-8)6-13-10(12-5)15-11(2,3)4/h7H,6H2,1-5H3,(H2,12,13,15). The van der Waals surface area contributed by atoms with Gasteiger partial charge in [0.05, 0.1) is 6.54 Å². The zero-order valence-electron chi connectivity index (χ0n) is 10.6. The topological polar surface area (TPSA) is 49.3 Å². The molecule has 0 aliphatic rings. The third kappa shape index (κ3) is 4.61. The Morgan fingerprint density at radius 3 is 2.62 bits per heavy atom. The fourth-order valence-electron chi connectivity index (χ4n) is 1.18. The first-order valence-electron chi connectivity index (χ1n) is 5.30. The van der Waals surface area contributed by atoms with Gasteiger partial charge in [0.2, 0.25) is 0 Å². The summed E-state index contributed by atoms with van der Waals surface area (Å²) in [7, 11) is 1.77. The fourth-order valence-corrected chi connectivity index (χ4v) is 1.89. The Morgan fingerprint density at radius 1 is 1.50 bits per heavy atom. The van der Waals surface area contributed by atoms with E-state index in [1.807, 2.05) is 6.92 Å². The minimum atomic E-state index is 0.0145. The molecule has 1 heterocycles. The van der Waals surface area contributed by atoms with Crippen LogP contribution in [0.25, 0.3) is 0 Å². The second-order valence-corrected chi connectivity index (χ2v) is 5.63. The van der Waals surface area contributed by atoms with Crippen LogP contribution in [-0.4, -0.2) is 23.5 Å². The minimum Gasteiger partial charge on any atom is -0.352 e. The van der Waals surface area contributed by atoms with E-state index >= 15 is 0 Å². The highest BCUT2D eigenvalue weighted by Crippen LogP contribution is 2.07. The van der Waals surface area contributed by atoms with E-state index in [1.54, 1.807) is 18.4 Å². The van der Waals surface area contributed by atoms with E-state index in [9.17, 15) is 0 Å². The van der Waals surface area contributed by atoms with Gasteiger partial charge in [0.15, 0.2) is 5.96 Å². The van der Waals surface area contributed by atoms with Gasteiger partial charge in [0, 0.05) is 23.7 Å². The highest BCUT2D eigenvalue weighted by atomic mass is 32.1. The van der Waals surface area contributed by atoms with Crippen molar-refractivity contribution in [2.24, 2.45) is 4.99 Å². The number of aromatic nitrogens is 1. The van der Waals surface area contributed by atoms with E-state index in [4.69, 9.17) is 0 Å². The molecule has 4 nitrogen and oxygen atoms in total. The normalized spacial score (nSPS) is 12.7. The van der Waals surface area contributed by atoms with Crippen molar-refractivity contribution in [2.75, 3.05) is 7.05 Å². The van der Waals surface area contributed by atoms with Crippen molar-refractivity contribution in [3.8, 4) is 0 Å². The molecule has 1 rings (SSSR count). The summed E-state index contributed by atoms with van der Waals surface area (Å²) in [6.45, 7) is 9.03. The number of rotatable bonds is 2. The lowest BCUT2D eigenvalue weighted by atomic mass is 10.1. The number of thiazole rings is 1. The van der Waals surface area contributed by atoms with Gasteiger partial charge in [0.25, 0.3) is 0 Å². The maximum atomic E-state index is 4.39. The largest absolute Gasteiger partial charge is 0.352 e. The predicted molar refractivity (Wildman–Crippen MR) is 69.9 cm³/mol. The minimum absolute atomic E-state index is 0.0145. The van der Waals surface area contributed by atoms with Gasteiger partial charge in [-0.05, 0) is 27.7 Å². The summed E-state index contributed by atoms with van der Waals surface area (Å²) in [5.41, 5.74) is 1.08. The van der Waals surface area contributed by atoms with Gasteiger partial charge in [-0.3, -0.25) is 4.99 Å². The number of nitrogens with zero attached hydrogens (tertiary/aromatic N) is 2. The Morgan fingerprint density at radius 2 is 2.19 bits per heavy atom. The molecular weight excluding hydrogens is 220 g/mol. The summed E-state index contributed by atoms with van der Waals surface area (Å²) >= 11 is 1.66. The molecule has 2 N–H and O–H groups in total. The first kappa shape index (κ1) is 13.0. The van der Waals surface area contributed by atoms with E-state index in [0.29, 0.717) is 6.54 Å². The second kappa shape index (κ2) is 5.30. The molecule has 90 valence electrons. The maximum Gasteiger partial charge on any atom is 0.191 e. The van der Waals surface area contributed by atoms with E-state index in [0.717, 1.165) is 16.7 Å². The lowest BCUT2D eigenvalue weighted by Gasteiger charge is -2.23. The Bertz CT molecular complexity index is 362. The molecule has 0 aromatic carbocycles. The smallest absolute Gasteiger partial charge is 0.191 e. The third-order valence-corrected chi connectivity index (χ3v) is 2.76. The summed E-state index contributed by atoms with van der Waals surface area (Å²) in [4.78, 5) is 8.55. The zero-order valence-corrected chi connectivity index (χ0v) is 11.4. The number of aliphatic imine (C=N–C) groups is 1. The van der Waals surface area contributed by atoms with Gasteiger partial charge >= 0.3 is 0 Å². The Labute approximate surface area is 101 Å². The van der Waals surface area contributed by atoms with Crippen LogP contribution < -0.4 is 10.6 Å². The second-order valence-electron chi connectivity index (χ2n) is 4.68. The summed E-state index contributed by atoms with van der Waals surface area (Å²) in [6.07, 6.45) is 0. The molecule has 0 radical (unpaired) electrons. The van der Waals surface area contributed by atoms with Crippen molar-refractivity contribution < 1.29 is 0 Å². The fraction of sp³-hybridized carbons (Fsp3) is 0.636. The predicted octanol–water partition coefficient (Wildman–Crippen LogP) is 1.92. The summed E-state index contributed by atoms with van der Waals surface area (Å²) in [5, 5.41) is 9.67. The summed E-state index contributed by atoms with van der Waals surface area (Å²) < 4.78 is 0. The molecular formula is C11H20N4S. The van der Waals surface area contributed by atoms with E-state index in [-0.39, 0.29) is 5.54 Å². The Hall–Kier alpha value is -1.10. The third-order valence-electron chi connectivity index (χ3n) is 1.79. The molecule has 5 heteroatoms. The van der Waals surface area contributed by atoms with Gasteiger partial charge in [0.1, 0.15) is 5.01 Å². The average Bonchev–Trinajstić information content (AvgIpc) is 2.57. The van der Waals surface area contributed by atoms with Gasteiger partial charge in [-0.1, -0.05) is 0 Å². The number of nitrogens with one attached hydrogen (secondary N) is 2. The monoisotopic (exact) mass is 240 g/mol. The molecule has 0 amide bonds. The first-order chi connectivity index (χ1) is 7.40. The highest BCUT2D eigenvalue weighted by molar-refractivity contribution is 7.09. The van der Waals surface area contributed by atoms with Crippen molar-refractivity contribution in [2.45, 2.75) is 39.8 Å². The van der Waals surface area contributed by atoms with Crippen LogP contribution in [0.3, 0.4) is 0 Å². The molecule has 1 aromatic heterocycles. The molecule has 0 unspecified atom stereocenters. The van der Waals surface area contributed by atoms with E-state index in [2.05, 4.69) is 46.8 Å². The van der Waals surface area contributed by atoms with Crippen molar-refractivity contribution in [3.63, 3.8) is 0 Å². The molecule has 0 atom stereocenters. The lowest BCUT2D eigenvalue weighted by molar-refractivity contribution is 0.501. The van der Waals surface area contributed by atoms with Gasteiger partial charge in [-0.2, -0.15) is 0 Å². The van der Waals surface area contributed by atoms with Crippen LogP contribution in [0.5, 0.6) is 0 Å². The number of aryl methyl sites for hydroxylation is 1. The maximum absolute atomic E-state index is 4.39. The van der Waals surface area contributed by atoms with Crippen LogP contribution in [0, 0.1) is 6.92 Å². The molecule has 16 heavy (non-hydrogen) atoms. The summed E-state index contributed by atoms with van der Waals surface area (Å²) in [6, 6.07) is 0. The van der Waals surface area contributed by atoms with Crippen LogP contribution in [0.15, 0.2) is 10.4 Å². The van der Waals surface area contributed by atoms with Crippen LogP contribution in [-0.2, 0) is 6.54 Å². The van der Waals surface area contributed by atoms with Gasteiger partial charge in [-0.25, -0.2) is 4.98 Å². The molecule has 0 spiro atoms. The van der Waals surface area contributed by atoms with Crippen molar-refractivity contribution >= 4 is 17.3 Å². The SMILES string of the molecule is CN=C(NCc1nc(C)cs1)NC(C)(C)C. The Kier molecular flexibility index (Phi) is 4.29. The molecule has 0 fully saturated rings. The molecule has 1 aromatic rings. The van der Waals surface area contributed by atoms with Gasteiger partial charge < -0.3 is 10.6 Å². The molecule has 0 bridgehead atoms. The lowest BCUT2D eigenvalue weighted by Crippen LogP contribution is -2.47. The van der Waals surface area contributed by atoms with Crippen LogP contribution in [0.1, 0.15) is 31.5 Å². The van der Waals surface area contributed by atoms with Crippen LogP contribution in [0.4, 0.5) is 0 Å². The highest BCUT2D eigenvalue weighted by Gasteiger charge is 2.11. The van der Waals surface area contributed by atoms with Gasteiger partial charge in [-0.15, -0.1) is 11.3 Å². The molecule has 0 saturated carbocycles. The zero-order chi connectivity index (χ0) is 12.2. The van der Waals surface area contributed by atoms with E-state index < -0.39 is 0 Å². The van der Waals surface area contributed by atoms with Crippen molar-refractivity contribution in [1.82, 2.24) is 15.6 Å². The number of hydrogen-bond donors (Lipinski definition) is 2. The number of hydrogen-bond acceptors (Lipinski definition) is 3. The van der Waals surface area contributed by atoms with E-state index in [1.165, 1.54) is 0 Å². The quantitative estimate of drug-likeness (QED) is 0.613. The molecule has 0 aliphatic heterocycles. The molecule has 0 aliphatic carbocycles. The summed E-state index contributed by atoms with van der Waals surface area (Å²) in [5.74, 6) is 0.806. The van der Waals surface area contributed by atoms with Crippen LogP contribution in [0.2, 0.25) is 0 Å². The first-order valence-corrected chi connectivity index (χ1v) is 6.18. The van der Waals surface area contributed by atoms with Crippen molar-refractivity contribution in [3.05, 3.63) is 16.1 Å². The molecule has 0 saturated heterocycles. The number of guanidine groups is 1. The van der Waals surface area contributed by atoms with Crippen molar-refractivity contribution in [1.29, 1.82) is 0 Å². The van der Waals surface area contributed by atoms with Crippen LogP contribution >= 0.6 is 11.3 Å². The Balaban J connectivity index is 2.47.